The maximum atomic E-state index is 13.3. The van der Waals surface area contributed by atoms with Gasteiger partial charge in [0.05, 0.1) is 6.04 Å². The van der Waals surface area contributed by atoms with E-state index in [-0.39, 0.29) is 24.3 Å². The second-order valence-electron chi connectivity index (χ2n) is 9.16. The van der Waals surface area contributed by atoms with E-state index in [4.69, 9.17) is 0 Å². The van der Waals surface area contributed by atoms with E-state index in [1.54, 1.807) is 0 Å². The molecule has 180 valence electrons. The molecule has 2 heterocycles. The zero-order chi connectivity index (χ0) is 24.0. The maximum absolute atomic E-state index is 13.3. The number of aliphatic carboxylic acids is 1. The molecule has 4 atom stereocenters. The summed E-state index contributed by atoms with van der Waals surface area (Å²) in [6.07, 6.45) is 2.91. The van der Waals surface area contributed by atoms with Crippen LogP contribution in [0.4, 0.5) is 0 Å². The first-order valence-corrected chi connectivity index (χ1v) is 11.7. The molecule has 2 fully saturated rings. The minimum Gasteiger partial charge on any atom is -0.480 e. The Balaban J connectivity index is 1.75. The number of hydrogen-bond donors (Lipinski definition) is 4. The molecule has 0 aliphatic carbocycles. The van der Waals surface area contributed by atoms with Crippen LogP contribution in [0, 0.1) is 5.92 Å². The molecule has 1 aromatic carbocycles. The molecule has 0 radical (unpaired) electrons. The average Bonchev–Trinajstić information content (AvgIpc) is 3.49. The number of rotatable bonds is 9. The van der Waals surface area contributed by atoms with Crippen molar-refractivity contribution < 1.29 is 24.3 Å². The van der Waals surface area contributed by atoms with Gasteiger partial charge in [-0.25, -0.2) is 4.79 Å². The highest BCUT2D eigenvalue weighted by Crippen LogP contribution is 2.20. The van der Waals surface area contributed by atoms with Crippen molar-refractivity contribution in [1.82, 2.24) is 20.9 Å². The van der Waals surface area contributed by atoms with Gasteiger partial charge >= 0.3 is 5.97 Å². The predicted molar refractivity (Wildman–Crippen MR) is 122 cm³/mol. The van der Waals surface area contributed by atoms with Crippen molar-refractivity contribution in [2.45, 2.75) is 70.1 Å². The second kappa shape index (κ2) is 11.3. The summed E-state index contributed by atoms with van der Waals surface area (Å²) in [6, 6.07) is 6.43. The van der Waals surface area contributed by atoms with E-state index >= 15 is 0 Å². The topological polar surface area (TPSA) is 128 Å². The molecule has 2 saturated heterocycles. The van der Waals surface area contributed by atoms with Crippen molar-refractivity contribution in [1.29, 1.82) is 0 Å². The number of amides is 3. The molecule has 33 heavy (non-hydrogen) atoms. The highest BCUT2D eigenvalue weighted by molar-refractivity contribution is 5.94. The Morgan fingerprint density at radius 3 is 2.42 bits per heavy atom. The average molecular weight is 459 g/mol. The fraction of sp³-hybridized carbons (Fsp3) is 0.583. The Labute approximate surface area is 194 Å². The van der Waals surface area contributed by atoms with Gasteiger partial charge in [-0.1, -0.05) is 44.2 Å². The molecule has 0 bridgehead atoms. The molecule has 1 aromatic rings. The lowest BCUT2D eigenvalue weighted by Crippen LogP contribution is -2.58. The molecule has 4 N–H and O–H groups in total. The Morgan fingerprint density at radius 1 is 1.09 bits per heavy atom. The van der Waals surface area contributed by atoms with E-state index in [1.165, 1.54) is 4.90 Å². The molecular weight excluding hydrogens is 424 g/mol. The second-order valence-corrected chi connectivity index (χ2v) is 9.16. The highest BCUT2D eigenvalue weighted by atomic mass is 16.4. The Morgan fingerprint density at radius 2 is 1.82 bits per heavy atom. The Hall–Kier alpha value is -2.94. The Kier molecular flexibility index (Phi) is 8.43. The summed E-state index contributed by atoms with van der Waals surface area (Å²) in [6.45, 7) is 4.73. The van der Waals surface area contributed by atoms with Gasteiger partial charge in [0.25, 0.3) is 0 Å². The van der Waals surface area contributed by atoms with Crippen LogP contribution in [0.2, 0.25) is 0 Å². The number of carboxylic acid groups (broad SMARTS) is 1. The van der Waals surface area contributed by atoms with Gasteiger partial charge in [-0.05, 0) is 43.7 Å². The van der Waals surface area contributed by atoms with Gasteiger partial charge in [0.15, 0.2) is 0 Å². The molecule has 0 saturated carbocycles. The van der Waals surface area contributed by atoms with Crippen LogP contribution in [0.25, 0.3) is 0 Å². The highest BCUT2D eigenvalue weighted by Gasteiger charge is 2.39. The number of carbonyl (C=O) groups excluding carboxylic acids is 3. The number of nitrogens with zero attached hydrogens (tertiary/aromatic N) is 1. The minimum atomic E-state index is -1.03. The third-order valence-electron chi connectivity index (χ3n) is 6.34. The van der Waals surface area contributed by atoms with E-state index < -0.39 is 35.9 Å². The van der Waals surface area contributed by atoms with Crippen molar-refractivity contribution in [2.75, 3.05) is 13.1 Å². The largest absolute Gasteiger partial charge is 0.480 e. The van der Waals surface area contributed by atoms with Crippen molar-refractivity contribution in [3.8, 4) is 0 Å². The molecule has 2 aliphatic rings. The molecule has 0 aromatic heterocycles. The molecule has 0 spiro atoms. The normalized spacial score (nSPS) is 22.1. The van der Waals surface area contributed by atoms with Gasteiger partial charge in [-0.15, -0.1) is 0 Å². The molecule has 9 nitrogen and oxygen atoms in total. The number of carbonyl (C=O) groups is 4. The summed E-state index contributed by atoms with van der Waals surface area (Å²) in [5.41, 5.74) is 0.884. The van der Waals surface area contributed by atoms with Crippen LogP contribution < -0.4 is 16.0 Å². The molecule has 4 unspecified atom stereocenters. The molecule has 3 amide bonds. The van der Waals surface area contributed by atoms with Crippen LogP contribution >= 0.6 is 0 Å². The van der Waals surface area contributed by atoms with Gasteiger partial charge in [-0.3, -0.25) is 14.4 Å². The summed E-state index contributed by atoms with van der Waals surface area (Å²) in [5.74, 6) is -2.37. The summed E-state index contributed by atoms with van der Waals surface area (Å²) in [5, 5.41) is 18.3. The van der Waals surface area contributed by atoms with Crippen molar-refractivity contribution >= 4 is 23.7 Å². The molecular formula is C24H34N4O5. The van der Waals surface area contributed by atoms with E-state index in [0.717, 1.165) is 18.5 Å². The number of nitrogens with one attached hydrogen (secondary N) is 3. The first-order valence-electron chi connectivity index (χ1n) is 11.7. The van der Waals surface area contributed by atoms with Crippen molar-refractivity contribution in [2.24, 2.45) is 5.92 Å². The first-order chi connectivity index (χ1) is 15.8. The zero-order valence-corrected chi connectivity index (χ0v) is 19.3. The van der Waals surface area contributed by atoms with Crippen LogP contribution in [-0.2, 0) is 25.6 Å². The first kappa shape index (κ1) is 24.7. The fourth-order valence-electron chi connectivity index (χ4n) is 4.47. The Bertz CT molecular complexity index is 854. The standard InChI is InChI=1S/C24H34N4O5/c1-15(2)20(23(31)28-13-7-11-19(28)24(32)33)27-22(30)18(14-16-8-4-3-5-9-16)26-21(29)17-10-6-12-25-17/h3-5,8-9,15,17-20,25H,6-7,10-14H2,1-2H3,(H,26,29)(H,27,30)(H,32,33). The van der Waals surface area contributed by atoms with Crippen LogP contribution in [0.1, 0.15) is 45.1 Å². The van der Waals surface area contributed by atoms with Crippen LogP contribution in [0.5, 0.6) is 0 Å². The van der Waals surface area contributed by atoms with E-state index in [2.05, 4.69) is 16.0 Å². The van der Waals surface area contributed by atoms with Crippen LogP contribution in [0.3, 0.4) is 0 Å². The summed E-state index contributed by atoms with van der Waals surface area (Å²) in [4.78, 5) is 52.2. The summed E-state index contributed by atoms with van der Waals surface area (Å²) >= 11 is 0. The van der Waals surface area contributed by atoms with Crippen LogP contribution in [-0.4, -0.2) is 71.0 Å². The number of likely N-dealkylation sites (tertiary alicyclic amines) is 1. The third kappa shape index (κ3) is 6.31. The third-order valence-corrected chi connectivity index (χ3v) is 6.34. The molecule has 9 heteroatoms. The van der Waals surface area contributed by atoms with Gasteiger partial charge in [0.2, 0.25) is 17.7 Å². The number of benzene rings is 1. The number of hydrogen-bond acceptors (Lipinski definition) is 5. The van der Waals surface area contributed by atoms with E-state index in [9.17, 15) is 24.3 Å². The van der Waals surface area contributed by atoms with Gasteiger partial charge in [0.1, 0.15) is 18.1 Å². The summed E-state index contributed by atoms with van der Waals surface area (Å²) in [7, 11) is 0. The van der Waals surface area contributed by atoms with Crippen molar-refractivity contribution in [3.63, 3.8) is 0 Å². The molecule has 2 aliphatic heterocycles. The lowest BCUT2D eigenvalue weighted by Gasteiger charge is -2.31. The van der Waals surface area contributed by atoms with E-state index in [0.29, 0.717) is 25.8 Å². The van der Waals surface area contributed by atoms with Gasteiger partial charge in [0, 0.05) is 13.0 Å². The SMILES string of the molecule is CC(C)C(NC(=O)C(Cc1ccccc1)NC(=O)C1CCCN1)C(=O)N1CCCC1C(=O)O. The number of carboxylic acids is 1. The smallest absolute Gasteiger partial charge is 0.326 e. The van der Waals surface area contributed by atoms with E-state index in [1.807, 2.05) is 44.2 Å². The maximum Gasteiger partial charge on any atom is 0.326 e. The van der Waals surface area contributed by atoms with Crippen molar-refractivity contribution in [3.05, 3.63) is 35.9 Å². The fourth-order valence-corrected chi connectivity index (χ4v) is 4.47. The minimum absolute atomic E-state index is 0.235. The summed E-state index contributed by atoms with van der Waals surface area (Å²) < 4.78 is 0. The van der Waals surface area contributed by atoms with Crippen LogP contribution in [0.15, 0.2) is 30.3 Å². The van der Waals surface area contributed by atoms with Gasteiger partial charge < -0.3 is 26.0 Å². The monoisotopic (exact) mass is 458 g/mol. The zero-order valence-electron chi connectivity index (χ0n) is 19.3. The van der Waals surface area contributed by atoms with Gasteiger partial charge in [-0.2, -0.15) is 0 Å². The lowest BCUT2D eigenvalue weighted by atomic mass is 10.00. The predicted octanol–water partition coefficient (Wildman–Crippen LogP) is 0.682. The molecule has 3 rings (SSSR count). The quantitative estimate of drug-likeness (QED) is 0.431. The lowest BCUT2D eigenvalue weighted by molar-refractivity contribution is -0.150.